The highest BCUT2D eigenvalue weighted by atomic mass is 32.2. The molecule has 0 fully saturated rings. The van der Waals surface area contributed by atoms with Crippen molar-refractivity contribution in [3.05, 3.63) is 480 Å². The second kappa shape index (κ2) is 44.2. The van der Waals surface area contributed by atoms with E-state index in [2.05, 4.69) is 97.7 Å². The molecule has 0 unspecified atom stereocenters. The van der Waals surface area contributed by atoms with Gasteiger partial charge in [-0.2, -0.15) is 0 Å². The van der Waals surface area contributed by atoms with Crippen molar-refractivity contribution in [2.75, 3.05) is 7.11 Å². The molecule has 0 radical (unpaired) electrons. The van der Waals surface area contributed by atoms with Crippen LogP contribution in [0.25, 0.3) is 18.2 Å². The summed E-state index contributed by atoms with van der Waals surface area (Å²) in [6.07, 6.45) is 18.6. The Kier molecular flexibility index (Phi) is 31.3. The molecule has 0 aliphatic rings. The van der Waals surface area contributed by atoms with Crippen LogP contribution in [0, 0.1) is 6.92 Å². The highest BCUT2D eigenvalue weighted by Crippen LogP contribution is 2.46. The van der Waals surface area contributed by atoms with Crippen LogP contribution in [0.5, 0.6) is 86.2 Å². The molecule has 18 nitrogen and oxygen atoms in total. The predicted molar refractivity (Wildman–Crippen MR) is 584 cm³/mol. The van der Waals surface area contributed by atoms with E-state index in [0.29, 0.717) is 106 Å². The van der Waals surface area contributed by atoms with Gasteiger partial charge in [0.25, 0.3) is 0 Å². The second-order valence-corrected chi connectivity index (χ2v) is 46.8. The second-order valence-electron chi connectivity index (χ2n) is 37.1. The summed E-state index contributed by atoms with van der Waals surface area (Å²) in [5.74, 6) is 7.39. The summed E-state index contributed by atoms with van der Waals surface area (Å²) in [6, 6.07) is 99.0. The van der Waals surface area contributed by atoms with Crippen molar-refractivity contribution in [3.8, 4) is 86.2 Å². The smallest absolute Gasteiger partial charge is 0.206 e. The van der Waals surface area contributed by atoms with Gasteiger partial charge >= 0.3 is 0 Å². The molecule has 0 N–H and O–H groups in total. The van der Waals surface area contributed by atoms with Crippen molar-refractivity contribution < 1.29 is 80.0 Å². The molecular weight excluding hydrogens is 1950 g/mol. The molecule has 0 spiro atoms. The molecule has 750 valence electrons. The fraction of sp³-hybridized carbons (Fsp3) is 0.136. The first-order chi connectivity index (χ1) is 70.8. The van der Waals surface area contributed by atoms with Crippen LogP contribution < -0.4 is 37.9 Å². The zero-order chi connectivity index (χ0) is 105. The van der Waals surface area contributed by atoms with Crippen molar-refractivity contribution in [1.82, 2.24) is 0 Å². The van der Waals surface area contributed by atoms with Gasteiger partial charge in [-0.1, -0.05) is 169 Å². The largest absolute Gasteiger partial charge is 0.497 e. The predicted octanol–water partition coefficient (Wildman–Crippen LogP) is 31.0. The molecule has 0 saturated heterocycles. The van der Waals surface area contributed by atoms with Crippen molar-refractivity contribution in [2.45, 2.75) is 154 Å². The number of hydrogen-bond acceptors (Lipinski definition) is 18. The van der Waals surface area contributed by atoms with Gasteiger partial charge in [-0.15, -0.1) is 19.7 Å². The first kappa shape index (κ1) is 105. The minimum atomic E-state index is -4.00. The Hall–Kier alpha value is -15.9. The van der Waals surface area contributed by atoms with Crippen molar-refractivity contribution in [1.29, 1.82) is 0 Å². The zero-order valence-electron chi connectivity index (χ0n) is 83.8. The van der Waals surface area contributed by atoms with Crippen LogP contribution in [0.3, 0.4) is 0 Å². The minimum Gasteiger partial charge on any atom is -0.497 e. The van der Waals surface area contributed by atoms with Gasteiger partial charge in [-0.25, -0.2) is 42.1 Å². The molecule has 16 rings (SSSR count). The van der Waals surface area contributed by atoms with Crippen molar-refractivity contribution in [2.24, 2.45) is 0 Å². The van der Waals surface area contributed by atoms with E-state index >= 15 is 0 Å². The Balaban J connectivity index is 0.515. The Morgan fingerprint density at radius 1 is 0.223 bits per heavy atom. The van der Waals surface area contributed by atoms with Crippen LogP contribution in [0.15, 0.2) is 457 Å². The number of aryl methyl sites for hydroxylation is 1. The third-order valence-electron chi connectivity index (χ3n) is 26.0. The number of ether oxygens (including phenoxy) is 8. The highest BCUT2D eigenvalue weighted by molar-refractivity contribution is 7.92. The third-order valence-corrected chi connectivity index (χ3v) is 35.0. The van der Waals surface area contributed by atoms with Gasteiger partial charge < -0.3 is 37.9 Å². The molecule has 0 aliphatic heterocycles. The van der Waals surface area contributed by atoms with Gasteiger partial charge in [0.15, 0.2) is 0 Å². The van der Waals surface area contributed by atoms with Crippen molar-refractivity contribution in [3.63, 3.8) is 0 Å². The van der Waals surface area contributed by atoms with Crippen LogP contribution >= 0.6 is 0 Å². The monoisotopic (exact) mass is 2060 g/mol. The van der Waals surface area contributed by atoms with E-state index in [0.717, 1.165) is 72.3 Å². The first-order valence-corrected chi connectivity index (χ1v) is 55.3. The zero-order valence-corrected chi connectivity index (χ0v) is 87.9. The molecular formula is C125H112O18S5. The lowest BCUT2D eigenvalue weighted by molar-refractivity contribution is 0.414. The van der Waals surface area contributed by atoms with Gasteiger partial charge in [0.05, 0.1) is 56.1 Å². The van der Waals surface area contributed by atoms with E-state index in [1.54, 1.807) is 140 Å². The average Bonchev–Trinajstić information content (AvgIpc) is 0.784. The van der Waals surface area contributed by atoms with E-state index < -0.39 is 65.4 Å². The van der Waals surface area contributed by atoms with Gasteiger partial charge in [0, 0.05) is 32.9 Å². The fourth-order valence-corrected chi connectivity index (χ4v) is 23.5. The topological polar surface area (TPSA) is 245 Å². The molecule has 0 atom stereocenters. The molecule has 16 aromatic carbocycles. The van der Waals surface area contributed by atoms with Gasteiger partial charge in [0.2, 0.25) is 49.2 Å². The van der Waals surface area contributed by atoms with Gasteiger partial charge in [-0.3, -0.25) is 0 Å². The number of allylic oxidation sites excluding steroid dienone is 6. The Morgan fingerprint density at radius 2 is 0.392 bits per heavy atom. The molecule has 0 saturated carbocycles. The molecule has 16 aromatic rings. The molecule has 23 heteroatoms. The molecule has 0 bridgehead atoms. The number of sulfone groups is 5. The fourth-order valence-electron chi connectivity index (χ4n) is 17.2. The van der Waals surface area contributed by atoms with E-state index in [-0.39, 0.29) is 49.0 Å². The van der Waals surface area contributed by atoms with Crippen LogP contribution in [0.2, 0.25) is 0 Å². The van der Waals surface area contributed by atoms with Gasteiger partial charge in [-0.05, 0) is 382 Å². The summed E-state index contributed by atoms with van der Waals surface area (Å²) in [6.45, 7) is 32.6. The Morgan fingerprint density at radius 3 is 0.581 bits per heavy atom. The SMILES string of the molecule is C=CCc1cc(C(C)(C)c2ccc(Oc3ccc(S(=O)(=O)c4ccc(Oc5ccc(C(C)(C)c6ccc(Oc7ccc(S(=O)(=O)c8ccc(Oc9ccc(C(C)(C)c%10ccc(Oc%11ccc(S(=O)(=O)c%12ccc(OC)cc%12)cc%11)c(CC=C)c%10)cc9CC=C)cc8)cc7)c(/C=C/C)c6)cc5/C=C/C)cc4)cc3)c(/C=C/C)c2)ccc1Oc1ccc(S(=O)(=O)c2ccc(Oc3ccc(S(=O)(=O)c4ccc(C)cc4)cc3)cc2)cc1. The summed E-state index contributed by atoms with van der Waals surface area (Å²) in [5.41, 5.74) is 10.4. The summed E-state index contributed by atoms with van der Waals surface area (Å²) < 4.78 is 188. The number of hydrogen-bond donors (Lipinski definition) is 0. The standard InChI is InChI=1S/C125H112O18S5/c1-15-21-86-79-92(29-73-117(86)138-101-41-61-111(62-42-101)145(128,129)108-55-35-98(136-14)36-56-108)123(8,9)94-31-75-119(88(81-94)23-17-3)140-103-45-65-113(66-46-103)147(132,133)115-69-49-105(50-70-115)142-121-77-33-96(83-90(121)25-19-5)125(12,13)97-34-78-122(91(84-97)26-20-6)143-106-51-71-116(72-52-106)148(134,135)114-67-47-104(48-68-114)141-120-76-32-95(82-89(120)24-18-4)124(10,11)93-30-74-118(87(80-93)22-16-2)139-102-43-63-112(64-44-102)146(130,131)110-59-39-100(40-60-110)137-99-37-57-109(58-38-99)144(126,127)107-53-27-85(7)28-54-107/h15-20,24-84H,1-3,21-23H2,4-14H3/b24-18+,25-19+,26-20+. The Bertz CT molecular complexity index is 8350. The van der Waals surface area contributed by atoms with E-state index in [4.69, 9.17) is 37.9 Å². The van der Waals surface area contributed by atoms with E-state index in [1.165, 1.54) is 116 Å². The summed E-state index contributed by atoms with van der Waals surface area (Å²) in [5, 5.41) is 0. The van der Waals surface area contributed by atoms with Crippen molar-refractivity contribution >= 4 is 67.4 Å². The lowest BCUT2D eigenvalue weighted by Crippen LogP contribution is -2.19. The molecule has 148 heavy (non-hydrogen) atoms. The maximum Gasteiger partial charge on any atom is 0.206 e. The summed E-state index contributed by atoms with van der Waals surface area (Å²) in [7, 11) is -17.9. The van der Waals surface area contributed by atoms with Gasteiger partial charge in [0.1, 0.15) is 86.2 Å². The number of benzene rings is 16. The molecule has 0 amide bonds. The third kappa shape index (κ3) is 23.1. The molecule has 0 heterocycles. The molecule has 0 aliphatic carbocycles. The number of rotatable bonds is 40. The number of methoxy groups -OCH3 is 1. The normalized spacial score (nSPS) is 12.2. The quantitative estimate of drug-likeness (QED) is 0.0324. The lowest BCUT2D eigenvalue weighted by Gasteiger charge is -2.28. The lowest BCUT2D eigenvalue weighted by atomic mass is 9.76. The summed E-state index contributed by atoms with van der Waals surface area (Å²) >= 11 is 0. The first-order valence-electron chi connectivity index (χ1n) is 47.9. The maximum absolute atomic E-state index is 14.3. The van der Waals surface area contributed by atoms with Crippen LogP contribution in [-0.4, -0.2) is 49.2 Å². The Labute approximate surface area is 868 Å². The van der Waals surface area contributed by atoms with E-state index in [9.17, 15) is 42.1 Å². The highest BCUT2D eigenvalue weighted by Gasteiger charge is 2.32. The maximum atomic E-state index is 14.3. The van der Waals surface area contributed by atoms with Crippen LogP contribution in [0.4, 0.5) is 0 Å². The van der Waals surface area contributed by atoms with Crippen LogP contribution in [0.1, 0.15) is 135 Å². The summed E-state index contributed by atoms with van der Waals surface area (Å²) in [4.78, 5) is 1.02. The molecule has 0 aromatic heterocycles. The van der Waals surface area contributed by atoms with E-state index in [1.807, 2.05) is 149 Å². The van der Waals surface area contributed by atoms with Crippen LogP contribution in [-0.2, 0) is 84.7 Å². The average molecular weight is 2060 g/mol. The minimum absolute atomic E-state index is 0.0516.